The lowest BCUT2D eigenvalue weighted by Gasteiger charge is -2.42. The molecule has 1 aromatic heterocycles. The molecule has 2 aromatic rings. The molecular formula is C16H17N3O. The highest BCUT2D eigenvalue weighted by atomic mass is 16.3. The van der Waals surface area contributed by atoms with Crippen LogP contribution in [0.3, 0.4) is 0 Å². The molecule has 2 aliphatic rings. The van der Waals surface area contributed by atoms with Crippen LogP contribution in [0.1, 0.15) is 37.1 Å². The molecule has 0 aliphatic carbocycles. The molecule has 0 fully saturated rings. The minimum Gasteiger partial charge on any atom is -0.371 e. The zero-order valence-electron chi connectivity index (χ0n) is 11.5. The molecular weight excluding hydrogens is 250 g/mol. The quantitative estimate of drug-likeness (QED) is 0.746. The van der Waals surface area contributed by atoms with Gasteiger partial charge in [-0.3, -0.25) is 0 Å². The summed E-state index contributed by atoms with van der Waals surface area (Å²) in [6.45, 7) is 2.66. The minimum absolute atomic E-state index is 0.122. The molecule has 4 nitrogen and oxygen atoms in total. The largest absolute Gasteiger partial charge is 0.371 e. The van der Waals surface area contributed by atoms with Crippen molar-refractivity contribution in [2.24, 2.45) is 0 Å². The first kappa shape index (κ1) is 11.8. The fraction of sp³-hybridized carbons (Fsp3) is 0.438. The van der Waals surface area contributed by atoms with E-state index in [0.717, 1.165) is 30.6 Å². The average Bonchev–Trinajstić information content (AvgIpc) is 2.80. The normalized spacial score (nSPS) is 28.2. The van der Waals surface area contributed by atoms with Crippen LogP contribution < -0.4 is 0 Å². The van der Waals surface area contributed by atoms with E-state index in [2.05, 4.69) is 22.9 Å². The standard InChI is InChI=1S/C16H17N3O/c1-16(20)8-6-14-15-12(7-9-18(14)10-17)11-4-2-3-5-13(11)19(15)16/h2-5,14,20H,6-9H2,1H3. The number of hydrogen-bond acceptors (Lipinski definition) is 3. The van der Waals surface area contributed by atoms with Crippen molar-refractivity contribution < 1.29 is 5.11 Å². The van der Waals surface area contributed by atoms with E-state index in [0.29, 0.717) is 6.42 Å². The maximum atomic E-state index is 10.8. The Balaban J connectivity index is 2.10. The van der Waals surface area contributed by atoms with Crippen molar-refractivity contribution in [3.8, 4) is 6.19 Å². The number of rotatable bonds is 0. The van der Waals surface area contributed by atoms with E-state index in [9.17, 15) is 10.4 Å². The Kier molecular flexibility index (Phi) is 2.22. The zero-order chi connectivity index (χ0) is 13.9. The second kappa shape index (κ2) is 3.77. The van der Waals surface area contributed by atoms with Gasteiger partial charge in [0.2, 0.25) is 0 Å². The van der Waals surface area contributed by atoms with Crippen molar-refractivity contribution in [2.45, 2.75) is 38.0 Å². The Hall–Kier alpha value is -1.99. The molecule has 0 saturated heterocycles. The van der Waals surface area contributed by atoms with Gasteiger partial charge in [0.15, 0.2) is 6.19 Å². The van der Waals surface area contributed by atoms with Crippen molar-refractivity contribution in [1.82, 2.24) is 9.47 Å². The molecule has 1 aromatic carbocycles. The molecule has 0 radical (unpaired) electrons. The number of hydrogen-bond donors (Lipinski definition) is 1. The van der Waals surface area contributed by atoms with E-state index in [1.54, 1.807) is 0 Å². The highest BCUT2D eigenvalue weighted by Crippen LogP contribution is 2.46. The van der Waals surface area contributed by atoms with Gasteiger partial charge in [0.25, 0.3) is 0 Å². The van der Waals surface area contributed by atoms with Gasteiger partial charge in [-0.25, -0.2) is 0 Å². The van der Waals surface area contributed by atoms with E-state index in [1.165, 1.54) is 10.9 Å². The number of benzene rings is 1. The van der Waals surface area contributed by atoms with Gasteiger partial charge in [-0.2, -0.15) is 5.26 Å². The van der Waals surface area contributed by atoms with Gasteiger partial charge in [0.1, 0.15) is 5.72 Å². The lowest BCUT2D eigenvalue weighted by Crippen LogP contribution is -2.42. The number of nitrogens with zero attached hydrogens (tertiary/aromatic N) is 3. The van der Waals surface area contributed by atoms with Crippen LogP contribution in [-0.2, 0) is 12.1 Å². The second-order valence-corrected chi connectivity index (χ2v) is 6.03. The van der Waals surface area contributed by atoms with Gasteiger partial charge in [0.05, 0.1) is 11.6 Å². The number of aromatic nitrogens is 1. The monoisotopic (exact) mass is 267 g/mol. The third-order valence-electron chi connectivity index (χ3n) is 4.82. The van der Waals surface area contributed by atoms with Crippen LogP contribution in [0.4, 0.5) is 0 Å². The molecule has 0 spiro atoms. The third kappa shape index (κ3) is 1.33. The predicted molar refractivity (Wildman–Crippen MR) is 75.8 cm³/mol. The fourth-order valence-corrected chi connectivity index (χ4v) is 3.93. The SMILES string of the molecule is CC1(O)CCC2c3c(c4ccccc4n31)CCN2C#N. The molecule has 2 aliphatic heterocycles. The summed E-state index contributed by atoms with van der Waals surface area (Å²) < 4.78 is 2.06. The molecule has 4 rings (SSSR count). The fourth-order valence-electron chi connectivity index (χ4n) is 3.93. The van der Waals surface area contributed by atoms with Crippen LogP contribution in [0.25, 0.3) is 10.9 Å². The maximum absolute atomic E-state index is 10.8. The topological polar surface area (TPSA) is 52.2 Å². The third-order valence-corrected chi connectivity index (χ3v) is 4.82. The Bertz CT molecular complexity index is 738. The highest BCUT2D eigenvalue weighted by molar-refractivity contribution is 5.86. The maximum Gasteiger partial charge on any atom is 0.179 e. The van der Waals surface area contributed by atoms with Crippen LogP contribution in [0.15, 0.2) is 24.3 Å². The molecule has 4 heteroatoms. The van der Waals surface area contributed by atoms with Gasteiger partial charge in [-0.05, 0) is 37.8 Å². The molecule has 0 bridgehead atoms. The summed E-state index contributed by atoms with van der Waals surface area (Å²) >= 11 is 0. The van der Waals surface area contributed by atoms with Gasteiger partial charge < -0.3 is 14.6 Å². The summed E-state index contributed by atoms with van der Waals surface area (Å²) in [4.78, 5) is 1.87. The van der Waals surface area contributed by atoms with Gasteiger partial charge in [-0.15, -0.1) is 0 Å². The van der Waals surface area contributed by atoms with Crippen molar-refractivity contribution in [3.63, 3.8) is 0 Å². The van der Waals surface area contributed by atoms with Crippen molar-refractivity contribution in [3.05, 3.63) is 35.5 Å². The predicted octanol–water partition coefficient (Wildman–Crippen LogP) is 2.48. The Morgan fingerprint density at radius 3 is 3.00 bits per heavy atom. The summed E-state index contributed by atoms with van der Waals surface area (Å²) in [5.74, 6) is 0. The first-order valence-corrected chi connectivity index (χ1v) is 7.15. The number of para-hydroxylation sites is 1. The summed E-state index contributed by atoms with van der Waals surface area (Å²) in [5.41, 5.74) is 2.70. The van der Waals surface area contributed by atoms with Crippen LogP contribution in [0.5, 0.6) is 0 Å². The van der Waals surface area contributed by atoms with E-state index < -0.39 is 5.72 Å². The highest BCUT2D eigenvalue weighted by Gasteiger charge is 2.42. The zero-order valence-corrected chi connectivity index (χ0v) is 11.5. The first-order chi connectivity index (χ1) is 9.63. The van der Waals surface area contributed by atoms with Crippen LogP contribution in [-0.4, -0.2) is 21.1 Å². The molecule has 2 atom stereocenters. The van der Waals surface area contributed by atoms with E-state index in [-0.39, 0.29) is 6.04 Å². The molecule has 3 heterocycles. The summed E-state index contributed by atoms with van der Waals surface area (Å²) in [5, 5.41) is 21.4. The Labute approximate surface area is 117 Å². The van der Waals surface area contributed by atoms with Gasteiger partial charge in [0, 0.05) is 17.6 Å². The molecule has 20 heavy (non-hydrogen) atoms. The van der Waals surface area contributed by atoms with Crippen LogP contribution in [0, 0.1) is 11.5 Å². The van der Waals surface area contributed by atoms with Crippen molar-refractivity contribution >= 4 is 10.9 Å². The van der Waals surface area contributed by atoms with E-state index in [1.807, 2.05) is 24.0 Å². The van der Waals surface area contributed by atoms with Crippen molar-refractivity contribution in [1.29, 1.82) is 5.26 Å². The smallest absolute Gasteiger partial charge is 0.179 e. The molecule has 1 N–H and O–H groups in total. The van der Waals surface area contributed by atoms with Gasteiger partial charge >= 0.3 is 0 Å². The van der Waals surface area contributed by atoms with Crippen LogP contribution in [0.2, 0.25) is 0 Å². The molecule has 0 saturated carbocycles. The first-order valence-electron chi connectivity index (χ1n) is 7.15. The summed E-state index contributed by atoms with van der Waals surface area (Å²) in [6.07, 6.45) is 4.71. The Morgan fingerprint density at radius 2 is 2.20 bits per heavy atom. The lowest BCUT2D eigenvalue weighted by atomic mass is 9.89. The molecule has 0 amide bonds. The van der Waals surface area contributed by atoms with E-state index >= 15 is 0 Å². The summed E-state index contributed by atoms with van der Waals surface area (Å²) in [7, 11) is 0. The number of aliphatic hydroxyl groups is 1. The van der Waals surface area contributed by atoms with Crippen molar-refractivity contribution in [2.75, 3.05) is 6.54 Å². The van der Waals surface area contributed by atoms with Crippen LogP contribution >= 0.6 is 0 Å². The number of fused-ring (bicyclic) bond motifs is 3. The van der Waals surface area contributed by atoms with Gasteiger partial charge in [-0.1, -0.05) is 18.2 Å². The second-order valence-electron chi connectivity index (χ2n) is 6.03. The minimum atomic E-state index is -0.859. The average molecular weight is 267 g/mol. The molecule has 2 unspecified atom stereocenters. The number of nitriles is 1. The lowest BCUT2D eigenvalue weighted by molar-refractivity contribution is -0.0493. The van der Waals surface area contributed by atoms with E-state index in [4.69, 9.17) is 0 Å². The Morgan fingerprint density at radius 1 is 1.40 bits per heavy atom. The summed E-state index contributed by atoms with van der Waals surface area (Å²) in [6, 6.07) is 8.38. The molecule has 102 valence electrons.